The van der Waals surface area contributed by atoms with Gasteiger partial charge in [0.2, 0.25) is 0 Å². The van der Waals surface area contributed by atoms with Gasteiger partial charge in [0, 0.05) is 15.2 Å². The van der Waals surface area contributed by atoms with E-state index in [9.17, 15) is 9.90 Å². The van der Waals surface area contributed by atoms with Crippen LogP contribution in [0, 0.1) is 0 Å². The van der Waals surface area contributed by atoms with Gasteiger partial charge in [-0.2, -0.15) is 0 Å². The van der Waals surface area contributed by atoms with E-state index in [1.807, 2.05) is 0 Å². The van der Waals surface area contributed by atoms with Crippen molar-refractivity contribution in [2.45, 2.75) is 0 Å². The first kappa shape index (κ1) is 14.6. The summed E-state index contributed by atoms with van der Waals surface area (Å²) in [6.45, 7) is 0. The molecule has 0 spiro atoms. The lowest BCUT2D eigenvalue weighted by molar-refractivity contribution is -0.130. The van der Waals surface area contributed by atoms with Crippen molar-refractivity contribution in [1.82, 2.24) is 0 Å². The standard InChI is InChI=1S/C15H11BrClNO2/c16-11-4-1-9(2-5-11)13(15(19)20)7-10-3-6-12(17)8-14(10)18/h1-8H,18H2,(H,19,20). The number of halogens is 2. The Labute approximate surface area is 129 Å². The van der Waals surface area contributed by atoms with Crippen LogP contribution in [0.1, 0.15) is 11.1 Å². The second kappa shape index (κ2) is 6.11. The number of hydrogen-bond acceptors (Lipinski definition) is 2. The zero-order valence-electron chi connectivity index (χ0n) is 10.3. The number of nitrogens with two attached hydrogens (primary N) is 1. The summed E-state index contributed by atoms with van der Waals surface area (Å²) in [5.41, 5.74) is 7.68. The fraction of sp³-hybridized carbons (Fsp3) is 0. The highest BCUT2D eigenvalue weighted by Gasteiger charge is 2.11. The molecule has 0 aliphatic carbocycles. The highest BCUT2D eigenvalue weighted by atomic mass is 79.9. The Morgan fingerprint density at radius 2 is 1.85 bits per heavy atom. The highest BCUT2D eigenvalue weighted by Crippen LogP contribution is 2.25. The summed E-state index contributed by atoms with van der Waals surface area (Å²) < 4.78 is 0.886. The van der Waals surface area contributed by atoms with E-state index in [0.29, 0.717) is 21.8 Å². The molecule has 0 saturated carbocycles. The first-order valence-corrected chi connectivity index (χ1v) is 6.90. The lowest BCUT2D eigenvalue weighted by Crippen LogP contribution is -2.00. The molecule has 0 atom stereocenters. The molecular weight excluding hydrogens is 342 g/mol. The van der Waals surface area contributed by atoms with Gasteiger partial charge in [-0.3, -0.25) is 0 Å². The van der Waals surface area contributed by atoms with E-state index in [1.54, 1.807) is 42.5 Å². The molecule has 2 rings (SSSR count). The smallest absolute Gasteiger partial charge is 0.336 e. The quantitative estimate of drug-likeness (QED) is 0.491. The molecule has 102 valence electrons. The lowest BCUT2D eigenvalue weighted by Gasteiger charge is -2.06. The Morgan fingerprint density at radius 3 is 2.40 bits per heavy atom. The third kappa shape index (κ3) is 3.40. The van der Waals surface area contributed by atoms with Crippen LogP contribution < -0.4 is 5.73 Å². The monoisotopic (exact) mass is 351 g/mol. The Bertz CT molecular complexity index is 681. The fourth-order valence-electron chi connectivity index (χ4n) is 1.73. The average molecular weight is 353 g/mol. The van der Waals surface area contributed by atoms with Gasteiger partial charge in [0.1, 0.15) is 0 Å². The molecule has 0 aliphatic rings. The van der Waals surface area contributed by atoms with Gasteiger partial charge in [0.15, 0.2) is 0 Å². The Morgan fingerprint density at radius 1 is 1.20 bits per heavy atom. The van der Waals surface area contributed by atoms with E-state index in [2.05, 4.69) is 15.9 Å². The van der Waals surface area contributed by atoms with E-state index in [4.69, 9.17) is 17.3 Å². The van der Waals surface area contributed by atoms with E-state index in [0.717, 1.165) is 4.47 Å². The molecule has 0 aliphatic heterocycles. The first-order valence-electron chi connectivity index (χ1n) is 5.73. The molecule has 0 fully saturated rings. The number of aliphatic carboxylic acids is 1. The number of nitrogen functional groups attached to an aromatic ring is 1. The van der Waals surface area contributed by atoms with Crippen LogP contribution in [0.5, 0.6) is 0 Å². The summed E-state index contributed by atoms with van der Waals surface area (Å²) in [4.78, 5) is 11.4. The van der Waals surface area contributed by atoms with E-state index in [1.165, 1.54) is 6.08 Å². The second-order valence-corrected chi connectivity index (χ2v) is 5.50. The number of hydrogen-bond donors (Lipinski definition) is 2. The predicted molar refractivity (Wildman–Crippen MR) is 85.5 cm³/mol. The maximum absolute atomic E-state index is 11.4. The number of anilines is 1. The van der Waals surface area contributed by atoms with Crippen molar-refractivity contribution < 1.29 is 9.90 Å². The van der Waals surface area contributed by atoms with Gasteiger partial charge in [0.25, 0.3) is 0 Å². The summed E-state index contributed by atoms with van der Waals surface area (Å²) in [5, 5.41) is 9.87. The van der Waals surface area contributed by atoms with Gasteiger partial charge in [-0.05, 0) is 41.5 Å². The lowest BCUT2D eigenvalue weighted by atomic mass is 10.0. The SMILES string of the molecule is Nc1cc(Cl)ccc1C=C(C(=O)O)c1ccc(Br)cc1. The molecule has 3 N–H and O–H groups in total. The van der Waals surface area contributed by atoms with Crippen LogP contribution in [-0.4, -0.2) is 11.1 Å². The zero-order valence-corrected chi connectivity index (χ0v) is 12.6. The molecule has 0 heterocycles. The van der Waals surface area contributed by atoms with Crippen molar-refractivity contribution in [3.8, 4) is 0 Å². The van der Waals surface area contributed by atoms with Crippen LogP contribution in [0.25, 0.3) is 11.6 Å². The molecule has 5 heteroatoms. The molecule has 2 aromatic rings. The molecule has 0 saturated heterocycles. The number of carbonyl (C=O) groups is 1. The van der Waals surface area contributed by atoms with Gasteiger partial charge in [-0.15, -0.1) is 0 Å². The third-order valence-corrected chi connectivity index (χ3v) is 3.50. The summed E-state index contributed by atoms with van der Waals surface area (Å²) >= 11 is 9.14. The normalized spacial score (nSPS) is 11.4. The van der Waals surface area contributed by atoms with Crippen LogP contribution in [-0.2, 0) is 4.79 Å². The Hall–Kier alpha value is -1.78. The largest absolute Gasteiger partial charge is 0.478 e. The number of carboxylic acids is 1. The van der Waals surface area contributed by atoms with Crippen molar-refractivity contribution in [1.29, 1.82) is 0 Å². The molecule has 0 amide bonds. The summed E-state index contributed by atoms with van der Waals surface area (Å²) in [6.07, 6.45) is 1.54. The molecule has 3 nitrogen and oxygen atoms in total. The maximum atomic E-state index is 11.4. The van der Waals surface area contributed by atoms with Gasteiger partial charge >= 0.3 is 5.97 Å². The molecule has 0 bridgehead atoms. The van der Waals surface area contributed by atoms with Crippen molar-refractivity contribution in [2.24, 2.45) is 0 Å². The summed E-state index contributed by atoms with van der Waals surface area (Å²) in [5.74, 6) is -1.01. The van der Waals surface area contributed by atoms with Gasteiger partial charge < -0.3 is 10.8 Å². The minimum atomic E-state index is -1.01. The molecule has 20 heavy (non-hydrogen) atoms. The van der Waals surface area contributed by atoms with Crippen molar-refractivity contribution in [2.75, 3.05) is 5.73 Å². The summed E-state index contributed by atoms with van der Waals surface area (Å²) in [6, 6.07) is 12.0. The Balaban J connectivity index is 2.50. The van der Waals surface area contributed by atoms with E-state index < -0.39 is 5.97 Å². The second-order valence-electron chi connectivity index (χ2n) is 4.14. The third-order valence-electron chi connectivity index (χ3n) is 2.73. The first-order chi connectivity index (χ1) is 9.47. The summed E-state index contributed by atoms with van der Waals surface area (Å²) in [7, 11) is 0. The van der Waals surface area contributed by atoms with Crippen LogP contribution >= 0.6 is 27.5 Å². The predicted octanol–water partition coefficient (Wildman–Crippen LogP) is 4.31. The van der Waals surface area contributed by atoms with Gasteiger partial charge in [-0.1, -0.05) is 45.7 Å². The van der Waals surface area contributed by atoms with E-state index >= 15 is 0 Å². The maximum Gasteiger partial charge on any atom is 0.336 e. The zero-order chi connectivity index (χ0) is 14.7. The highest BCUT2D eigenvalue weighted by molar-refractivity contribution is 9.10. The van der Waals surface area contributed by atoms with E-state index in [-0.39, 0.29) is 5.57 Å². The van der Waals surface area contributed by atoms with Crippen molar-refractivity contribution >= 4 is 50.8 Å². The molecular formula is C15H11BrClNO2. The number of rotatable bonds is 3. The molecule has 0 radical (unpaired) electrons. The molecule has 2 aromatic carbocycles. The number of benzene rings is 2. The van der Waals surface area contributed by atoms with Gasteiger partial charge in [0.05, 0.1) is 5.57 Å². The van der Waals surface area contributed by atoms with Crippen molar-refractivity contribution in [3.05, 3.63) is 63.1 Å². The minimum Gasteiger partial charge on any atom is -0.478 e. The minimum absolute atomic E-state index is 0.173. The van der Waals surface area contributed by atoms with Gasteiger partial charge in [-0.25, -0.2) is 4.79 Å². The topological polar surface area (TPSA) is 63.3 Å². The fourth-order valence-corrected chi connectivity index (χ4v) is 2.18. The van der Waals surface area contributed by atoms with Crippen LogP contribution in [0.2, 0.25) is 5.02 Å². The van der Waals surface area contributed by atoms with Crippen LogP contribution in [0.4, 0.5) is 5.69 Å². The van der Waals surface area contributed by atoms with Crippen LogP contribution in [0.15, 0.2) is 46.9 Å². The Kier molecular flexibility index (Phi) is 4.47. The molecule has 0 aromatic heterocycles. The van der Waals surface area contributed by atoms with Crippen LogP contribution in [0.3, 0.4) is 0 Å². The van der Waals surface area contributed by atoms with Crippen molar-refractivity contribution in [3.63, 3.8) is 0 Å². The average Bonchev–Trinajstić information content (AvgIpc) is 2.39. The number of carboxylic acid groups (broad SMARTS) is 1. The molecule has 0 unspecified atom stereocenters.